The van der Waals surface area contributed by atoms with Crippen LogP contribution in [0.5, 0.6) is 0 Å². The van der Waals surface area contributed by atoms with Gasteiger partial charge >= 0.3 is 17.9 Å². The number of anilines is 2. The second kappa shape index (κ2) is 10.4. The summed E-state index contributed by atoms with van der Waals surface area (Å²) in [5.41, 5.74) is 4.73. The van der Waals surface area contributed by atoms with Gasteiger partial charge in [0.25, 0.3) is 11.8 Å². The molecule has 0 aromatic heterocycles. The zero-order valence-electron chi connectivity index (χ0n) is 18.1. The molecule has 0 radical (unpaired) electrons. The highest BCUT2D eigenvalue weighted by Gasteiger charge is 2.21. The van der Waals surface area contributed by atoms with E-state index in [0.29, 0.717) is 5.56 Å². The Labute approximate surface area is 208 Å². The number of hydrogen-bond acceptors (Lipinski definition) is 6. The quantitative estimate of drug-likeness (QED) is 0.247. The molecule has 0 fully saturated rings. The average Bonchev–Trinajstić information content (AvgIpc) is 2.84. The Bertz CT molecular complexity index is 1430. The summed E-state index contributed by atoms with van der Waals surface area (Å²) in [4.78, 5) is 60.0. The number of hydrogen-bond donors (Lipinski definition) is 6. The first kappa shape index (κ1) is 25.5. The van der Waals surface area contributed by atoms with Crippen molar-refractivity contribution in [3.63, 3.8) is 0 Å². The van der Waals surface area contributed by atoms with E-state index in [1.165, 1.54) is 36.4 Å². The third kappa shape index (κ3) is 5.69. The van der Waals surface area contributed by atoms with Crippen LogP contribution in [0.25, 0.3) is 0 Å². The van der Waals surface area contributed by atoms with E-state index < -0.39 is 35.3 Å². The first-order valence-electron chi connectivity index (χ1n) is 9.98. The topological polar surface area (TPSA) is 196 Å². The molecular formula is C24H17N3O8S. The highest BCUT2D eigenvalue weighted by Crippen LogP contribution is 2.26. The Kier molecular flexibility index (Phi) is 7.40. The lowest BCUT2D eigenvalue weighted by molar-refractivity contribution is 0.0681. The molecule has 0 aliphatic heterocycles. The van der Waals surface area contributed by atoms with Gasteiger partial charge in [-0.15, -0.1) is 0 Å². The Morgan fingerprint density at radius 1 is 0.583 bits per heavy atom. The fraction of sp³-hybridized carbons (Fsp3) is 0. The largest absolute Gasteiger partial charge is 0.478 e. The predicted octanol–water partition coefficient (Wildman–Crippen LogP) is 2.92. The van der Waals surface area contributed by atoms with Gasteiger partial charge in [0.2, 0.25) is 0 Å². The second-order valence-electron chi connectivity index (χ2n) is 7.29. The molecule has 0 bridgehead atoms. The standard InChI is InChI=1S/C24H17N3O8S/c25-19(36)11-1-3-12(4-2-11)20(28)27-18-10-14(23(32)33)6-8-17(18)26-21(29)15-7-5-13(22(30)31)9-16(15)24(34)35/h1-10H,(H2,25,36)(H,26,29)(H,27,28)(H,30,31)(H,32,33)(H,34,35). The third-order valence-corrected chi connectivity index (χ3v) is 5.17. The van der Waals surface area contributed by atoms with Gasteiger partial charge < -0.3 is 31.7 Å². The Morgan fingerprint density at radius 3 is 1.64 bits per heavy atom. The Morgan fingerprint density at radius 2 is 1.08 bits per heavy atom. The van der Waals surface area contributed by atoms with Crippen LogP contribution in [0, 0.1) is 0 Å². The van der Waals surface area contributed by atoms with Gasteiger partial charge in [0.1, 0.15) is 4.99 Å². The smallest absolute Gasteiger partial charge is 0.336 e. The van der Waals surface area contributed by atoms with E-state index in [4.69, 9.17) is 23.1 Å². The fourth-order valence-corrected chi connectivity index (χ4v) is 3.25. The first-order valence-corrected chi connectivity index (χ1v) is 10.4. The maximum absolute atomic E-state index is 12.9. The minimum Gasteiger partial charge on any atom is -0.478 e. The van der Waals surface area contributed by atoms with Crippen LogP contribution in [0.15, 0.2) is 60.7 Å². The monoisotopic (exact) mass is 507 g/mol. The van der Waals surface area contributed by atoms with Crippen molar-refractivity contribution in [2.24, 2.45) is 5.73 Å². The van der Waals surface area contributed by atoms with Crippen LogP contribution in [-0.4, -0.2) is 50.0 Å². The highest BCUT2D eigenvalue weighted by molar-refractivity contribution is 7.80. The zero-order chi connectivity index (χ0) is 26.6. The number of carbonyl (C=O) groups is 5. The van der Waals surface area contributed by atoms with E-state index in [2.05, 4.69) is 10.6 Å². The second-order valence-corrected chi connectivity index (χ2v) is 7.73. The number of carboxylic acids is 3. The van der Waals surface area contributed by atoms with E-state index in [1.54, 1.807) is 0 Å². The SMILES string of the molecule is NC(=S)c1ccc(C(=O)Nc2cc(C(=O)O)ccc2NC(=O)c2ccc(C(=O)O)cc2C(=O)O)cc1. The lowest BCUT2D eigenvalue weighted by Crippen LogP contribution is -2.20. The minimum atomic E-state index is -1.53. The first-order chi connectivity index (χ1) is 17.0. The van der Waals surface area contributed by atoms with Crippen molar-refractivity contribution in [1.29, 1.82) is 0 Å². The van der Waals surface area contributed by atoms with Crippen LogP contribution >= 0.6 is 12.2 Å². The highest BCUT2D eigenvalue weighted by atomic mass is 32.1. The third-order valence-electron chi connectivity index (χ3n) is 4.94. The molecular weight excluding hydrogens is 490 g/mol. The van der Waals surface area contributed by atoms with Crippen LogP contribution in [0.3, 0.4) is 0 Å². The number of benzene rings is 3. The van der Waals surface area contributed by atoms with E-state index in [0.717, 1.165) is 24.3 Å². The summed E-state index contributed by atoms with van der Waals surface area (Å²) in [7, 11) is 0. The van der Waals surface area contributed by atoms with E-state index in [-0.39, 0.29) is 38.6 Å². The van der Waals surface area contributed by atoms with Gasteiger partial charge in [0, 0.05) is 11.1 Å². The number of nitrogens with one attached hydrogen (secondary N) is 2. The van der Waals surface area contributed by atoms with Crippen molar-refractivity contribution in [3.8, 4) is 0 Å². The summed E-state index contributed by atoms with van der Waals surface area (Å²) in [5, 5.41) is 32.8. The van der Waals surface area contributed by atoms with Gasteiger partial charge in [0.05, 0.1) is 33.6 Å². The van der Waals surface area contributed by atoms with Gasteiger partial charge in [-0.25, -0.2) is 14.4 Å². The number of rotatable bonds is 8. The van der Waals surface area contributed by atoms with Crippen LogP contribution in [0.2, 0.25) is 0 Å². The molecule has 182 valence electrons. The molecule has 36 heavy (non-hydrogen) atoms. The van der Waals surface area contributed by atoms with Gasteiger partial charge in [-0.05, 0) is 48.5 Å². The van der Waals surface area contributed by atoms with Crippen LogP contribution in [0.1, 0.15) is 57.4 Å². The van der Waals surface area contributed by atoms with Crippen molar-refractivity contribution in [1.82, 2.24) is 0 Å². The van der Waals surface area contributed by atoms with Gasteiger partial charge in [-0.1, -0.05) is 24.4 Å². The number of carboxylic acid groups (broad SMARTS) is 3. The summed E-state index contributed by atoms with van der Waals surface area (Å²) in [6.45, 7) is 0. The molecule has 3 aromatic rings. The molecule has 12 heteroatoms. The lowest BCUT2D eigenvalue weighted by Gasteiger charge is -2.14. The van der Waals surface area contributed by atoms with Gasteiger partial charge in [-0.2, -0.15) is 0 Å². The van der Waals surface area contributed by atoms with E-state index >= 15 is 0 Å². The van der Waals surface area contributed by atoms with Crippen molar-refractivity contribution >= 4 is 58.3 Å². The zero-order valence-corrected chi connectivity index (χ0v) is 19.0. The summed E-state index contributed by atoms with van der Waals surface area (Å²) in [5.74, 6) is -5.76. The van der Waals surface area contributed by atoms with Crippen molar-refractivity contribution in [2.45, 2.75) is 0 Å². The van der Waals surface area contributed by atoms with E-state index in [9.17, 15) is 34.2 Å². The molecule has 7 N–H and O–H groups in total. The van der Waals surface area contributed by atoms with Crippen LogP contribution in [-0.2, 0) is 0 Å². The van der Waals surface area contributed by atoms with E-state index in [1.807, 2.05) is 0 Å². The number of nitrogens with two attached hydrogens (primary N) is 1. The molecule has 0 spiro atoms. The molecule has 0 saturated carbocycles. The maximum atomic E-state index is 12.9. The number of aromatic carboxylic acids is 3. The van der Waals surface area contributed by atoms with Gasteiger partial charge in [-0.3, -0.25) is 9.59 Å². The van der Waals surface area contributed by atoms with Gasteiger partial charge in [0.15, 0.2) is 0 Å². The van der Waals surface area contributed by atoms with Crippen molar-refractivity contribution < 1.29 is 39.3 Å². The number of carbonyl (C=O) groups excluding carboxylic acids is 2. The minimum absolute atomic E-state index is 0.0308. The molecule has 0 aliphatic carbocycles. The molecule has 0 unspecified atom stereocenters. The molecule has 0 heterocycles. The van der Waals surface area contributed by atoms with Crippen LogP contribution < -0.4 is 16.4 Å². The summed E-state index contributed by atoms with van der Waals surface area (Å²) >= 11 is 4.87. The summed E-state index contributed by atoms with van der Waals surface area (Å²) in [6, 6.07) is 12.4. The average molecular weight is 507 g/mol. The summed E-state index contributed by atoms with van der Waals surface area (Å²) in [6.07, 6.45) is 0. The van der Waals surface area contributed by atoms with Crippen molar-refractivity contribution in [2.75, 3.05) is 10.6 Å². The molecule has 2 amide bonds. The normalized spacial score (nSPS) is 10.2. The lowest BCUT2D eigenvalue weighted by atomic mass is 10.0. The van der Waals surface area contributed by atoms with Crippen LogP contribution in [0.4, 0.5) is 11.4 Å². The molecule has 3 rings (SSSR count). The Hall–Kier alpha value is -5.10. The Balaban J connectivity index is 1.95. The number of thiocarbonyl (C=S) groups is 1. The molecule has 0 saturated heterocycles. The number of amides is 2. The predicted molar refractivity (Wildman–Crippen MR) is 132 cm³/mol. The van der Waals surface area contributed by atoms with Crippen molar-refractivity contribution in [3.05, 3.63) is 94.0 Å². The summed E-state index contributed by atoms with van der Waals surface area (Å²) < 4.78 is 0. The molecule has 0 aliphatic rings. The fourth-order valence-electron chi connectivity index (χ4n) is 3.11. The molecule has 3 aromatic carbocycles. The molecule has 11 nitrogen and oxygen atoms in total. The maximum Gasteiger partial charge on any atom is 0.336 e. The molecule has 0 atom stereocenters.